The average molecular weight is 717 g/mol. The largest absolute Gasteiger partial charge is 0.456 e. The Labute approximate surface area is 322 Å². The van der Waals surface area contributed by atoms with Gasteiger partial charge in [0, 0.05) is 38.2 Å². The summed E-state index contributed by atoms with van der Waals surface area (Å²) < 4.78 is 8.89. The van der Waals surface area contributed by atoms with E-state index in [0.717, 1.165) is 77.6 Å². The normalized spacial score (nSPS) is 11.6. The third kappa shape index (κ3) is 5.29. The molecular weight excluding hydrogens is 685 g/mol. The molecule has 0 aliphatic rings. The van der Waals surface area contributed by atoms with E-state index in [1.807, 2.05) is 42.5 Å². The fourth-order valence-electron chi connectivity index (χ4n) is 8.06. The monoisotopic (exact) mass is 716 g/mol. The standard InChI is InChI=1S/C51H32N4O/c1-4-16-33(17-5-1)36-28-29-40(45(31-36)55-43-25-13-10-22-38(43)39-23-11-14-26-44(39)55)50-52-49(35-20-8-3-9-21-35)53-51(54-50)42-30-37(34-18-6-2-7-19-34)32-47-48(42)41-24-12-15-27-46(41)56-47/h1-32H. The van der Waals surface area contributed by atoms with Gasteiger partial charge in [-0.3, -0.25) is 0 Å². The number of furan rings is 1. The zero-order chi connectivity index (χ0) is 37.0. The van der Waals surface area contributed by atoms with Crippen molar-refractivity contribution >= 4 is 43.7 Å². The first-order valence-electron chi connectivity index (χ1n) is 18.8. The Bertz CT molecular complexity index is 3190. The SMILES string of the molecule is c1ccc(-c2ccc(-c3nc(-c4ccccc4)nc(-c4cc(-c5ccccc5)cc5oc6ccccc6c45)n3)c(-n3c4ccccc4c4ccccc43)c2)cc1. The molecule has 0 saturated carbocycles. The van der Waals surface area contributed by atoms with Crippen LogP contribution in [0.2, 0.25) is 0 Å². The van der Waals surface area contributed by atoms with E-state index in [-0.39, 0.29) is 0 Å². The van der Waals surface area contributed by atoms with Gasteiger partial charge >= 0.3 is 0 Å². The Morgan fingerprint density at radius 3 is 1.52 bits per heavy atom. The number of hydrogen-bond donors (Lipinski definition) is 0. The summed E-state index contributed by atoms with van der Waals surface area (Å²) in [6.07, 6.45) is 0. The van der Waals surface area contributed by atoms with Gasteiger partial charge in [0.15, 0.2) is 17.5 Å². The maximum Gasteiger partial charge on any atom is 0.166 e. The lowest BCUT2D eigenvalue weighted by Gasteiger charge is -2.17. The quantitative estimate of drug-likeness (QED) is 0.172. The van der Waals surface area contributed by atoms with Gasteiger partial charge in [-0.05, 0) is 64.7 Å². The molecule has 5 nitrogen and oxygen atoms in total. The van der Waals surface area contributed by atoms with Crippen molar-refractivity contribution in [2.45, 2.75) is 0 Å². The Kier molecular flexibility index (Phi) is 7.42. The molecule has 0 atom stereocenters. The van der Waals surface area contributed by atoms with Crippen molar-refractivity contribution in [3.8, 4) is 62.1 Å². The number of benzene rings is 8. The van der Waals surface area contributed by atoms with Gasteiger partial charge in [-0.25, -0.2) is 15.0 Å². The summed E-state index contributed by atoms with van der Waals surface area (Å²) in [5.41, 5.74) is 11.8. The van der Waals surface area contributed by atoms with Crippen LogP contribution in [0, 0.1) is 0 Å². The van der Waals surface area contributed by atoms with Crippen LogP contribution in [0.15, 0.2) is 199 Å². The van der Waals surface area contributed by atoms with E-state index in [1.54, 1.807) is 0 Å². The molecule has 0 aliphatic carbocycles. The Balaban J connectivity index is 1.24. The first-order chi connectivity index (χ1) is 27.8. The van der Waals surface area contributed by atoms with Gasteiger partial charge in [-0.2, -0.15) is 0 Å². The van der Waals surface area contributed by atoms with Crippen LogP contribution in [0.5, 0.6) is 0 Å². The van der Waals surface area contributed by atoms with Crippen LogP contribution >= 0.6 is 0 Å². The van der Waals surface area contributed by atoms with E-state index < -0.39 is 0 Å². The van der Waals surface area contributed by atoms with Crippen molar-refractivity contribution in [3.05, 3.63) is 194 Å². The maximum atomic E-state index is 6.54. The van der Waals surface area contributed by atoms with Crippen LogP contribution < -0.4 is 0 Å². The lowest BCUT2D eigenvalue weighted by molar-refractivity contribution is 0.669. The molecule has 0 bridgehead atoms. The van der Waals surface area contributed by atoms with E-state index in [9.17, 15) is 0 Å². The molecule has 0 amide bonds. The first-order valence-corrected chi connectivity index (χ1v) is 18.8. The van der Waals surface area contributed by atoms with Crippen LogP contribution in [0.25, 0.3) is 106 Å². The van der Waals surface area contributed by atoms with Crippen molar-refractivity contribution in [2.24, 2.45) is 0 Å². The van der Waals surface area contributed by atoms with Crippen molar-refractivity contribution in [1.29, 1.82) is 0 Å². The Morgan fingerprint density at radius 2 is 0.857 bits per heavy atom. The van der Waals surface area contributed by atoms with E-state index in [1.165, 1.54) is 10.8 Å². The zero-order valence-electron chi connectivity index (χ0n) is 30.2. The minimum Gasteiger partial charge on any atom is -0.456 e. The molecule has 3 heterocycles. The molecular formula is C51H32N4O. The number of para-hydroxylation sites is 3. The van der Waals surface area contributed by atoms with Crippen LogP contribution in [-0.2, 0) is 0 Å². The summed E-state index contributed by atoms with van der Waals surface area (Å²) in [7, 11) is 0. The number of aromatic nitrogens is 4. The maximum absolute atomic E-state index is 6.54. The first kappa shape index (κ1) is 31.9. The lowest BCUT2D eigenvalue weighted by Crippen LogP contribution is -2.04. The third-order valence-electron chi connectivity index (χ3n) is 10.7. The van der Waals surface area contributed by atoms with Crippen LogP contribution in [-0.4, -0.2) is 19.5 Å². The lowest BCUT2D eigenvalue weighted by atomic mass is 9.98. The highest BCUT2D eigenvalue weighted by atomic mass is 16.3. The number of rotatable bonds is 6. The predicted octanol–water partition coefficient (Wildman–Crippen LogP) is 13.2. The molecule has 0 N–H and O–H groups in total. The minimum atomic E-state index is 0.573. The fraction of sp³-hybridized carbons (Fsp3) is 0. The topological polar surface area (TPSA) is 56.7 Å². The molecule has 11 aromatic rings. The summed E-state index contributed by atoms with van der Waals surface area (Å²) in [4.78, 5) is 16.0. The van der Waals surface area contributed by atoms with Crippen LogP contribution in [0.4, 0.5) is 0 Å². The molecule has 8 aromatic carbocycles. The highest BCUT2D eigenvalue weighted by Gasteiger charge is 2.23. The van der Waals surface area contributed by atoms with Crippen molar-refractivity contribution in [1.82, 2.24) is 19.5 Å². The second-order valence-electron chi connectivity index (χ2n) is 14.0. The molecule has 0 fully saturated rings. The second-order valence-corrected chi connectivity index (χ2v) is 14.0. The van der Waals surface area contributed by atoms with Gasteiger partial charge < -0.3 is 8.98 Å². The van der Waals surface area contributed by atoms with Crippen molar-refractivity contribution in [3.63, 3.8) is 0 Å². The van der Waals surface area contributed by atoms with E-state index in [2.05, 4.69) is 156 Å². The zero-order valence-corrected chi connectivity index (χ0v) is 30.2. The fourth-order valence-corrected chi connectivity index (χ4v) is 8.06. The van der Waals surface area contributed by atoms with E-state index in [0.29, 0.717) is 17.5 Å². The summed E-state index contributed by atoms with van der Waals surface area (Å²) in [5, 5.41) is 4.36. The molecule has 0 radical (unpaired) electrons. The smallest absolute Gasteiger partial charge is 0.166 e. The number of nitrogens with zero attached hydrogens (tertiary/aromatic N) is 4. The molecule has 0 saturated heterocycles. The molecule has 11 rings (SSSR count). The number of hydrogen-bond acceptors (Lipinski definition) is 4. The van der Waals surface area contributed by atoms with E-state index >= 15 is 0 Å². The molecule has 262 valence electrons. The summed E-state index contributed by atoms with van der Waals surface area (Å²) in [5.74, 6) is 1.75. The molecule has 5 heteroatoms. The van der Waals surface area contributed by atoms with Crippen LogP contribution in [0.3, 0.4) is 0 Å². The summed E-state index contributed by atoms with van der Waals surface area (Å²) >= 11 is 0. The predicted molar refractivity (Wildman–Crippen MR) is 229 cm³/mol. The Morgan fingerprint density at radius 1 is 0.339 bits per heavy atom. The van der Waals surface area contributed by atoms with Gasteiger partial charge in [0.2, 0.25) is 0 Å². The molecule has 3 aromatic heterocycles. The van der Waals surface area contributed by atoms with Crippen molar-refractivity contribution < 1.29 is 4.42 Å². The van der Waals surface area contributed by atoms with Gasteiger partial charge in [0.05, 0.1) is 16.7 Å². The molecule has 0 aliphatic heterocycles. The highest BCUT2D eigenvalue weighted by Crippen LogP contribution is 2.42. The molecule has 0 unspecified atom stereocenters. The van der Waals surface area contributed by atoms with Gasteiger partial charge in [-0.1, -0.05) is 152 Å². The summed E-state index contributed by atoms with van der Waals surface area (Å²) in [6, 6.07) is 67.4. The molecule has 0 spiro atoms. The van der Waals surface area contributed by atoms with Crippen molar-refractivity contribution in [2.75, 3.05) is 0 Å². The second kappa shape index (κ2) is 13.0. The third-order valence-corrected chi connectivity index (χ3v) is 10.7. The average Bonchev–Trinajstić information content (AvgIpc) is 3.82. The van der Waals surface area contributed by atoms with Gasteiger partial charge in [0.25, 0.3) is 0 Å². The highest BCUT2D eigenvalue weighted by molar-refractivity contribution is 6.13. The van der Waals surface area contributed by atoms with E-state index in [4.69, 9.17) is 19.4 Å². The number of fused-ring (bicyclic) bond motifs is 6. The van der Waals surface area contributed by atoms with Crippen LogP contribution in [0.1, 0.15) is 0 Å². The molecule has 56 heavy (non-hydrogen) atoms. The summed E-state index contributed by atoms with van der Waals surface area (Å²) in [6.45, 7) is 0. The van der Waals surface area contributed by atoms with Gasteiger partial charge in [0.1, 0.15) is 11.2 Å². The van der Waals surface area contributed by atoms with Gasteiger partial charge in [-0.15, -0.1) is 0 Å². The Hall–Kier alpha value is -7.63. The minimum absolute atomic E-state index is 0.573.